The van der Waals surface area contributed by atoms with Crippen LogP contribution in [0.5, 0.6) is 0 Å². The molecule has 3 N–H and O–H groups in total. The average Bonchev–Trinajstić information content (AvgIpc) is 3.66. The number of ether oxygens (including phenoxy) is 3. The number of hydrogen-bond acceptors (Lipinski definition) is 10. The van der Waals surface area contributed by atoms with Gasteiger partial charge >= 0.3 is 11.9 Å². The molecule has 0 aliphatic carbocycles. The number of aliphatic hydroxyl groups is 1. The zero-order valence-corrected chi connectivity index (χ0v) is 23.9. The number of cyclic esters (lactones) is 2. The Bertz CT molecular complexity index is 1630. The molecule has 12 heteroatoms. The van der Waals surface area contributed by atoms with Gasteiger partial charge in [-0.3, -0.25) is 9.89 Å². The third-order valence-electron chi connectivity index (χ3n) is 7.51. The van der Waals surface area contributed by atoms with Crippen molar-refractivity contribution < 1.29 is 33.7 Å². The fourth-order valence-electron chi connectivity index (χ4n) is 5.04. The molecule has 4 aromatic rings. The summed E-state index contributed by atoms with van der Waals surface area (Å²) in [5.41, 5.74) is 4.00. The lowest BCUT2D eigenvalue weighted by molar-refractivity contribution is -0.268. The second-order valence-electron chi connectivity index (χ2n) is 10.3. The van der Waals surface area contributed by atoms with Gasteiger partial charge in [0, 0.05) is 29.3 Å². The minimum Gasteiger partial charge on any atom is -0.392 e. The molecule has 0 radical (unpaired) electrons. The molecule has 6 rings (SSSR count). The Balaban J connectivity index is 1.14. The lowest BCUT2D eigenvalue weighted by atomic mass is 9.91. The highest BCUT2D eigenvalue weighted by atomic mass is 32.2. The third-order valence-corrected chi connectivity index (χ3v) is 8.48. The van der Waals surface area contributed by atoms with Gasteiger partial charge in [-0.05, 0) is 34.9 Å². The minimum atomic E-state index is -0.755. The van der Waals surface area contributed by atoms with E-state index in [4.69, 9.17) is 9.47 Å². The summed E-state index contributed by atoms with van der Waals surface area (Å²) in [6, 6.07) is 19.6. The number of aromatic nitrogens is 3. The van der Waals surface area contributed by atoms with Crippen LogP contribution in [0.15, 0.2) is 78.2 Å². The molecule has 2 aliphatic heterocycles. The predicted molar refractivity (Wildman–Crippen MR) is 154 cm³/mol. The van der Waals surface area contributed by atoms with E-state index >= 15 is 0 Å². The van der Waals surface area contributed by atoms with Crippen molar-refractivity contribution in [3.8, 4) is 0 Å². The first kappa shape index (κ1) is 28.7. The number of carbonyl (C=O) groups excluding carboxylic acids is 3. The number of hydrogen-bond donors (Lipinski definition) is 3. The van der Waals surface area contributed by atoms with Crippen LogP contribution in [0.3, 0.4) is 0 Å². The van der Waals surface area contributed by atoms with Crippen LogP contribution in [0, 0.1) is 5.92 Å². The van der Waals surface area contributed by atoms with Crippen LogP contribution in [0.25, 0.3) is 0 Å². The van der Waals surface area contributed by atoms with Gasteiger partial charge in [-0.25, -0.2) is 14.6 Å². The van der Waals surface area contributed by atoms with Gasteiger partial charge in [0.05, 0.1) is 29.9 Å². The summed E-state index contributed by atoms with van der Waals surface area (Å²) in [5.74, 6) is -1.18. The summed E-state index contributed by atoms with van der Waals surface area (Å²) in [6.07, 6.45) is 0.441. The Morgan fingerprint density at radius 1 is 0.953 bits per heavy atom. The Morgan fingerprint density at radius 3 is 2.40 bits per heavy atom. The molecule has 1 unspecified atom stereocenters. The molecule has 1 fully saturated rings. The molecule has 0 bridgehead atoms. The summed E-state index contributed by atoms with van der Waals surface area (Å²) in [4.78, 5) is 40.4. The summed E-state index contributed by atoms with van der Waals surface area (Å²) in [7, 11) is 0. The lowest BCUT2D eigenvalue weighted by Crippen LogP contribution is -2.38. The van der Waals surface area contributed by atoms with Gasteiger partial charge in [0.2, 0.25) is 0 Å². The number of nitrogens with one attached hydrogen (secondary N) is 2. The SMILES string of the molecule is C[C@H]1[C@@H](CSc2ncn[nH]2)OC(c2ccc(CNC(=O)c3ccc4c(c3)C(=O)OC4=O)cc2)O[C@H]1c1ccc(CO)cc1. The first-order chi connectivity index (χ1) is 20.9. The van der Waals surface area contributed by atoms with E-state index in [0.29, 0.717) is 10.9 Å². The van der Waals surface area contributed by atoms with E-state index in [-0.39, 0.29) is 53.9 Å². The van der Waals surface area contributed by atoms with Crippen molar-refractivity contribution in [1.82, 2.24) is 20.5 Å². The van der Waals surface area contributed by atoms with E-state index < -0.39 is 18.2 Å². The summed E-state index contributed by atoms with van der Waals surface area (Å²) in [6.45, 7) is 2.32. The highest BCUT2D eigenvalue weighted by Gasteiger charge is 2.38. The van der Waals surface area contributed by atoms with E-state index in [1.165, 1.54) is 36.3 Å². The minimum absolute atomic E-state index is 0.0281. The number of aliphatic hydroxyl groups excluding tert-OH is 1. The maximum Gasteiger partial charge on any atom is 0.346 e. The first-order valence-electron chi connectivity index (χ1n) is 13.7. The largest absolute Gasteiger partial charge is 0.392 e. The summed E-state index contributed by atoms with van der Waals surface area (Å²) in [5, 5.41) is 19.8. The van der Waals surface area contributed by atoms with Crippen LogP contribution < -0.4 is 5.32 Å². The Kier molecular flexibility index (Phi) is 8.34. The van der Waals surface area contributed by atoms with Crippen LogP contribution in [-0.4, -0.2) is 50.0 Å². The fourth-order valence-corrected chi connectivity index (χ4v) is 5.98. The lowest BCUT2D eigenvalue weighted by Gasteiger charge is -2.41. The standard InChI is InChI=1S/C31H28N4O7S/c1-17-25(15-43-31-33-16-34-35-31)40-30(41-26(17)20-6-4-19(14-36)5-7-20)21-8-2-18(3-9-21)13-32-27(37)22-10-11-23-24(12-22)29(39)42-28(23)38/h2-12,16-17,25-26,30,36H,13-15H2,1H3,(H,32,37)(H,33,34,35)/t17-,25+,26+,30?/m0/s1. The van der Waals surface area contributed by atoms with Gasteiger partial charge in [0.25, 0.3) is 5.91 Å². The molecule has 3 aromatic carbocycles. The van der Waals surface area contributed by atoms with Crippen molar-refractivity contribution in [1.29, 1.82) is 0 Å². The number of aromatic amines is 1. The van der Waals surface area contributed by atoms with Crippen molar-refractivity contribution in [2.75, 3.05) is 5.75 Å². The number of carbonyl (C=O) groups is 3. The van der Waals surface area contributed by atoms with Gasteiger partial charge < -0.3 is 24.6 Å². The molecule has 0 saturated carbocycles. The van der Waals surface area contributed by atoms with Gasteiger partial charge in [0.1, 0.15) is 6.33 Å². The zero-order chi connectivity index (χ0) is 29.9. The number of fused-ring (bicyclic) bond motifs is 1. The maximum atomic E-state index is 12.7. The number of amides is 1. The quantitative estimate of drug-likeness (QED) is 0.145. The van der Waals surface area contributed by atoms with E-state index in [1.807, 2.05) is 48.5 Å². The van der Waals surface area contributed by atoms with Gasteiger partial charge in [-0.15, -0.1) is 0 Å². The molecule has 0 spiro atoms. The van der Waals surface area contributed by atoms with Crippen molar-refractivity contribution >= 4 is 29.6 Å². The molecule has 43 heavy (non-hydrogen) atoms. The molecule has 1 amide bonds. The van der Waals surface area contributed by atoms with Crippen molar-refractivity contribution in [2.24, 2.45) is 5.92 Å². The molecular formula is C31H28N4O7S. The Morgan fingerprint density at radius 2 is 1.67 bits per heavy atom. The molecule has 1 saturated heterocycles. The van der Waals surface area contributed by atoms with E-state index in [0.717, 1.165) is 22.3 Å². The number of rotatable bonds is 9. The second kappa shape index (κ2) is 12.5. The third kappa shape index (κ3) is 6.22. The van der Waals surface area contributed by atoms with Gasteiger partial charge in [-0.2, -0.15) is 5.10 Å². The zero-order valence-electron chi connectivity index (χ0n) is 23.1. The molecule has 2 aliphatic rings. The van der Waals surface area contributed by atoms with Crippen LogP contribution in [0.2, 0.25) is 0 Å². The number of esters is 2. The predicted octanol–water partition coefficient (Wildman–Crippen LogP) is 4.12. The number of benzene rings is 3. The van der Waals surface area contributed by atoms with Crippen LogP contribution in [-0.2, 0) is 27.4 Å². The smallest absolute Gasteiger partial charge is 0.346 e. The highest BCUT2D eigenvalue weighted by Crippen LogP contribution is 2.42. The first-order valence-corrected chi connectivity index (χ1v) is 14.6. The molecular weight excluding hydrogens is 572 g/mol. The normalized spacial score (nSPS) is 21.3. The maximum absolute atomic E-state index is 12.7. The van der Waals surface area contributed by atoms with Crippen molar-refractivity contribution in [3.63, 3.8) is 0 Å². The number of thioether (sulfide) groups is 1. The highest BCUT2D eigenvalue weighted by molar-refractivity contribution is 7.99. The number of H-pyrrole nitrogens is 1. The number of nitrogens with zero attached hydrogens (tertiary/aromatic N) is 2. The fraction of sp³-hybridized carbons (Fsp3) is 0.258. The molecule has 220 valence electrons. The molecule has 4 atom stereocenters. The molecule has 11 nitrogen and oxygen atoms in total. The van der Waals surface area contributed by atoms with Gasteiger partial charge in [-0.1, -0.05) is 67.2 Å². The summed E-state index contributed by atoms with van der Waals surface area (Å²) >= 11 is 1.53. The van der Waals surface area contributed by atoms with E-state index in [9.17, 15) is 19.5 Å². The monoisotopic (exact) mass is 600 g/mol. The van der Waals surface area contributed by atoms with E-state index in [1.54, 1.807) is 0 Å². The summed E-state index contributed by atoms with van der Waals surface area (Å²) < 4.78 is 17.5. The van der Waals surface area contributed by atoms with Gasteiger partial charge in [0.15, 0.2) is 11.4 Å². The van der Waals surface area contributed by atoms with Crippen molar-refractivity contribution in [3.05, 3.63) is 112 Å². The Labute approximate surface area is 251 Å². The van der Waals surface area contributed by atoms with Crippen LogP contribution in [0.1, 0.15) is 72.6 Å². The second-order valence-corrected chi connectivity index (χ2v) is 11.3. The van der Waals surface area contributed by atoms with Crippen LogP contribution in [0.4, 0.5) is 0 Å². The average molecular weight is 601 g/mol. The van der Waals surface area contributed by atoms with Crippen LogP contribution >= 0.6 is 11.8 Å². The topological polar surface area (TPSA) is 153 Å². The molecule has 1 aromatic heterocycles. The van der Waals surface area contributed by atoms with E-state index in [2.05, 4.69) is 32.2 Å². The molecule has 3 heterocycles. The Hall–Kier alpha value is -4.36. The van der Waals surface area contributed by atoms with Crippen molar-refractivity contribution in [2.45, 2.75) is 43.7 Å².